The number of nitrogens with one attached hydrogen (secondary N) is 1. The van der Waals surface area contributed by atoms with E-state index in [-0.39, 0.29) is 23.7 Å². The first-order valence-corrected chi connectivity index (χ1v) is 13.9. The number of anilines is 1. The molecule has 1 aliphatic carbocycles. The van der Waals surface area contributed by atoms with Crippen LogP contribution in [0.15, 0.2) is 89.8 Å². The lowest BCUT2D eigenvalue weighted by molar-refractivity contribution is -0.120. The first-order valence-electron chi connectivity index (χ1n) is 13.1. The number of carbonyl (C=O) groups excluding carboxylic acids is 2. The molecule has 4 aromatic carbocycles. The van der Waals surface area contributed by atoms with Gasteiger partial charge in [-0.25, -0.2) is 0 Å². The van der Waals surface area contributed by atoms with Crippen molar-refractivity contribution >= 4 is 39.9 Å². The molecule has 0 bridgehead atoms. The van der Waals surface area contributed by atoms with Crippen molar-refractivity contribution in [2.75, 3.05) is 11.9 Å². The molecule has 1 N–H and O–H groups in total. The molecular weight excluding hydrogens is 476 g/mol. The van der Waals surface area contributed by atoms with Crippen LogP contribution in [0.25, 0.3) is 10.8 Å². The van der Waals surface area contributed by atoms with Crippen molar-refractivity contribution in [3.05, 3.63) is 107 Å². The normalized spacial score (nSPS) is 29.8. The van der Waals surface area contributed by atoms with Gasteiger partial charge in [0.15, 0.2) is 5.78 Å². The van der Waals surface area contributed by atoms with Crippen LogP contribution in [-0.2, 0) is 10.3 Å². The molecule has 4 aliphatic rings. The Hall–Kier alpha value is -3.41. The van der Waals surface area contributed by atoms with Crippen LogP contribution >= 0.6 is 11.8 Å². The summed E-state index contributed by atoms with van der Waals surface area (Å²) in [6.45, 7) is 2.90. The Morgan fingerprint density at radius 2 is 1.70 bits per heavy atom. The molecule has 182 valence electrons. The summed E-state index contributed by atoms with van der Waals surface area (Å²) < 4.78 is -1.05. The van der Waals surface area contributed by atoms with Crippen LogP contribution in [0.1, 0.15) is 45.8 Å². The molecule has 0 radical (unpaired) electrons. The Morgan fingerprint density at radius 1 is 0.919 bits per heavy atom. The monoisotopic (exact) mass is 502 g/mol. The fourth-order valence-electron chi connectivity index (χ4n) is 7.83. The number of amides is 1. The van der Waals surface area contributed by atoms with E-state index in [1.165, 1.54) is 5.56 Å². The van der Waals surface area contributed by atoms with Gasteiger partial charge in [-0.15, -0.1) is 11.8 Å². The standard InChI is InChI=1S/C32H26N2O2S/c1-19-14-16-21(17-15-19)28-25-12-6-18-34(25)31(32(28)30(36)33-24-11-2-3-13-26(24)37-32)23-10-5-8-20-7-4-9-22(27(20)23)29(31)35/h2-5,7-11,13-17,25,28H,6,12,18H2,1H3,(H,33,36)/t25?,28?,31-,32-/m1/s1. The predicted molar refractivity (Wildman–Crippen MR) is 147 cm³/mol. The third-order valence-electron chi connectivity index (χ3n) is 9.14. The summed E-state index contributed by atoms with van der Waals surface area (Å²) in [6, 6.07) is 29.0. The average Bonchev–Trinajstić information content (AvgIpc) is 3.55. The van der Waals surface area contributed by atoms with E-state index in [9.17, 15) is 9.59 Å². The van der Waals surface area contributed by atoms with E-state index in [1.54, 1.807) is 11.8 Å². The number of ketones is 1. The van der Waals surface area contributed by atoms with E-state index in [1.807, 2.05) is 30.3 Å². The number of Topliss-reactive ketones (excluding diaryl/α,β-unsaturated/α-hetero) is 1. The molecule has 2 unspecified atom stereocenters. The van der Waals surface area contributed by atoms with Crippen molar-refractivity contribution in [2.45, 2.75) is 46.9 Å². The number of carbonyl (C=O) groups is 2. The van der Waals surface area contributed by atoms with Gasteiger partial charge in [0.2, 0.25) is 5.91 Å². The van der Waals surface area contributed by atoms with E-state index >= 15 is 0 Å². The zero-order chi connectivity index (χ0) is 24.9. The SMILES string of the molecule is Cc1ccc(C2C3CCCN3[C@]3(C(=O)c4cccc5cccc3c45)[C@@]23Sc2ccccc2NC3=O)cc1. The second-order valence-corrected chi connectivity index (χ2v) is 12.1. The average molecular weight is 503 g/mol. The van der Waals surface area contributed by atoms with Crippen molar-refractivity contribution in [1.29, 1.82) is 0 Å². The van der Waals surface area contributed by atoms with E-state index in [0.29, 0.717) is 0 Å². The minimum atomic E-state index is -1.07. The largest absolute Gasteiger partial charge is 0.324 e. The van der Waals surface area contributed by atoms with Gasteiger partial charge in [-0.2, -0.15) is 0 Å². The first kappa shape index (κ1) is 21.7. The molecule has 0 aromatic heterocycles. The van der Waals surface area contributed by atoms with Gasteiger partial charge in [0.1, 0.15) is 10.3 Å². The lowest BCUT2D eigenvalue weighted by Crippen LogP contribution is -2.64. The van der Waals surface area contributed by atoms with Crippen molar-refractivity contribution in [3.63, 3.8) is 0 Å². The molecule has 0 saturated carbocycles. The number of rotatable bonds is 1. The number of hydrogen-bond donors (Lipinski definition) is 1. The zero-order valence-corrected chi connectivity index (χ0v) is 21.3. The molecule has 2 fully saturated rings. The Kier molecular flexibility index (Phi) is 4.29. The quantitative estimate of drug-likeness (QED) is 0.333. The summed E-state index contributed by atoms with van der Waals surface area (Å²) in [5.74, 6) is -0.125. The van der Waals surface area contributed by atoms with Crippen molar-refractivity contribution in [3.8, 4) is 0 Å². The molecule has 3 heterocycles. The van der Waals surface area contributed by atoms with Gasteiger partial charge in [0.25, 0.3) is 0 Å². The maximum absolute atomic E-state index is 15.0. The van der Waals surface area contributed by atoms with E-state index in [4.69, 9.17) is 0 Å². The molecule has 37 heavy (non-hydrogen) atoms. The molecule has 2 spiro atoms. The van der Waals surface area contributed by atoms with Crippen LogP contribution in [0.4, 0.5) is 5.69 Å². The third kappa shape index (κ3) is 2.45. The highest BCUT2D eigenvalue weighted by Crippen LogP contribution is 2.70. The van der Waals surface area contributed by atoms with Crippen LogP contribution in [0, 0.1) is 6.92 Å². The van der Waals surface area contributed by atoms with Crippen LogP contribution in [-0.4, -0.2) is 33.9 Å². The molecule has 4 aromatic rings. The van der Waals surface area contributed by atoms with Gasteiger partial charge in [0.05, 0.1) is 5.69 Å². The number of thioether (sulfide) groups is 1. The minimum Gasteiger partial charge on any atom is -0.324 e. The number of nitrogens with zero attached hydrogens (tertiary/aromatic N) is 1. The Morgan fingerprint density at radius 3 is 2.54 bits per heavy atom. The molecular formula is C32H26N2O2S. The molecule has 2 saturated heterocycles. The lowest BCUT2D eigenvalue weighted by Gasteiger charge is -2.48. The van der Waals surface area contributed by atoms with E-state index in [2.05, 4.69) is 71.7 Å². The second-order valence-electron chi connectivity index (χ2n) is 10.8. The fourth-order valence-corrected chi connectivity index (χ4v) is 9.59. The molecule has 4 nitrogen and oxygen atoms in total. The minimum absolute atomic E-state index is 0.0608. The molecule has 1 amide bonds. The maximum Gasteiger partial charge on any atom is 0.244 e. The van der Waals surface area contributed by atoms with Gasteiger partial charge >= 0.3 is 0 Å². The van der Waals surface area contributed by atoms with E-state index < -0.39 is 10.3 Å². The van der Waals surface area contributed by atoms with Crippen LogP contribution in [0.2, 0.25) is 0 Å². The van der Waals surface area contributed by atoms with Crippen LogP contribution in [0.5, 0.6) is 0 Å². The van der Waals surface area contributed by atoms with Gasteiger partial charge < -0.3 is 5.32 Å². The van der Waals surface area contributed by atoms with Crippen molar-refractivity contribution < 1.29 is 9.59 Å². The van der Waals surface area contributed by atoms with Crippen molar-refractivity contribution in [2.24, 2.45) is 0 Å². The number of para-hydroxylation sites is 1. The molecule has 3 aliphatic heterocycles. The number of hydrogen-bond acceptors (Lipinski definition) is 4. The van der Waals surface area contributed by atoms with Crippen molar-refractivity contribution in [1.82, 2.24) is 4.90 Å². The van der Waals surface area contributed by atoms with Gasteiger partial charge in [-0.05, 0) is 60.3 Å². The predicted octanol–water partition coefficient (Wildman–Crippen LogP) is 6.28. The summed E-state index contributed by atoms with van der Waals surface area (Å²) in [7, 11) is 0. The van der Waals surface area contributed by atoms with Gasteiger partial charge in [0, 0.05) is 22.4 Å². The molecule has 4 atom stereocenters. The summed E-state index contributed by atoms with van der Waals surface area (Å²) >= 11 is 1.62. The molecule has 8 rings (SSSR count). The van der Waals surface area contributed by atoms with Crippen LogP contribution < -0.4 is 5.32 Å². The highest BCUT2D eigenvalue weighted by molar-refractivity contribution is 8.02. The third-order valence-corrected chi connectivity index (χ3v) is 10.8. The first-order chi connectivity index (χ1) is 18.1. The summed E-state index contributed by atoms with van der Waals surface area (Å²) in [6.07, 6.45) is 1.99. The van der Waals surface area contributed by atoms with Gasteiger partial charge in [-0.1, -0.05) is 78.4 Å². The summed E-state index contributed by atoms with van der Waals surface area (Å²) in [5.41, 5.74) is 3.82. The number of benzene rings is 4. The zero-order valence-electron chi connectivity index (χ0n) is 20.5. The Labute approximate surface area is 220 Å². The molecule has 5 heteroatoms. The highest BCUT2D eigenvalue weighted by Gasteiger charge is 2.78. The highest BCUT2D eigenvalue weighted by atomic mass is 32.2. The van der Waals surface area contributed by atoms with Crippen LogP contribution in [0.3, 0.4) is 0 Å². The smallest absolute Gasteiger partial charge is 0.244 e. The summed E-state index contributed by atoms with van der Waals surface area (Å²) in [4.78, 5) is 33.1. The topological polar surface area (TPSA) is 49.4 Å². The van der Waals surface area contributed by atoms with E-state index in [0.717, 1.165) is 57.4 Å². The number of fused-ring (bicyclic) bond motifs is 5. The summed E-state index contributed by atoms with van der Waals surface area (Å²) in [5, 5.41) is 5.36. The Balaban J connectivity index is 1.50. The number of aryl methyl sites for hydroxylation is 1. The fraction of sp³-hybridized carbons (Fsp3) is 0.250. The second kappa shape index (κ2) is 7.33. The Bertz CT molecular complexity index is 1640. The lowest BCUT2D eigenvalue weighted by atomic mass is 9.69. The van der Waals surface area contributed by atoms with Gasteiger partial charge in [-0.3, -0.25) is 14.5 Å². The maximum atomic E-state index is 15.0.